The Morgan fingerprint density at radius 1 is 1.18 bits per heavy atom. The molecule has 3 heteroatoms. The van der Waals surface area contributed by atoms with E-state index in [1.807, 2.05) is 12.1 Å². The van der Waals surface area contributed by atoms with Crippen molar-refractivity contribution in [3.63, 3.8) is 0 Å². The molecule has 0 bridgehead atoms. The molecule has 0 aliphatic carbocycles. The molecule has 17 heavy (non-hydrogen) atoms. The van der Waals surface area contributed by atoms with Crippen LogP contribution in [0.15, 0.2) is 18.2 Å². The molecular weight excluding hydrogens is 216 g/mol. The molecule has 1 rings (SSSR count). The molecule has 0 saturated carbocycles. The Labute approximate surface area is 103 Å². The van der Waals surface area contributed by atoms with Gasteiger partial charge in [-0.15, -0.1) is 0 Å². The Kier molecular flexibility index (Phi) is 6.48. The zero-order valence-electron chi connectivity index (χ0n) is 10.7. The van der Waals surface area contributed by atoms with E-state index in [4.69, 9.17) is 9.47 Å². The van der Waals surface area contributed by atoms with Crippen molar-refractivity contribution < 1.29 is 14.6 Å². The number of aliphatic hydroxyl groups is 1. The highest BCUT2D eigenvalue weighted by atomic mass is 16.5. The predicted octanol–water partition coefficient (Wildman–Crippen LogP) is 3.15. The van der Waals surface area contributed by atoms with Crippen LogP contribution < -0.4 is 9.47 Å². The van der Waals surface area contributed by atoms with Crippen molar-refractivity contribution in [2.45, 2.75) is 39.2 Å². The van der Waals surface area contributed by atoms with Crippen LogP contribution in [0.4, 0.5) is 0 Å². The van der Waals surface area contributed by atoms with Crippen LogP contribution in [0.1, 0.15) is 38.2 Å². The summed E-state index contributed by atoms with van der Waals surface area (Å²) in [6.45, 7) is 2.87. The van der Waals surface area contributed by atoms with Gasteiger partial charge in [-0.25, -0.2) is 0 Å². The number of aliphatic hydroxyl groups excluding tert-OH is 1. The molecule has 0 saturated heterocycles. The highest BCUT2D eigenvalue weighted by Gasteiger charge is 2.04. The van der Waals surface area contributed by atoms with Gasteiger partial charge in [0.2, 0.25) is 0 Å². The molecule has 0 aromatic heterocycles. The highest BCUT2D eigenvalue weighted by Crippen LogP contribution is 2.24. The van der Waals surface area contributed by atoms with Gasteiger partial charge in [0.05, 0.1) is 20.3 Å². The molecule has 0 aliphatic rings. The van der Waals surface area contributed by atoms with Crippen molar-refractivity contribution >= 4 is 0 Å². The van der Waals surface area contributed by atoms with E-state index in [0.717, 1.165) is 23.5 Å². The van der Waals surface area contributed by atoms with E-state index in [1.165, 1.54) is 19.3 Å². The zero-order chi connectivity index (χ0) is 12.5. The number of hydrogen-bond acceptors (Lipinski definition) is 3. The Bertz CT molecular complexity index is 323. The second-order valence-corrected chi connectivity index (χ2v) is 4.04. The number of benzene rings is 1. The molecule has 0 atom stereocenters. The largest absolute Gasteiger partial charge is 0.497 e. The highest BCUT2D eigenvalue weighted by molar-refractivity contribution is 5.39. The van der Waals surface area contributed by atoms with E-state index in [2.05, 4.69) is 6.92 Å². The molecule has 0 spiro atoms. The molecule has 0 heterocycles. The predicted molar refractivity (Wildman–Crippen MR) is 68.6 cm³/mol. The molecule has 0 radical (unpaired) electrons. The van der Waals surface area contributed by atoms with Gasteiger partial charge < -0.3 is 14.6 Å². The molecule has 96 valence electrons. The third kappa shape index (κ3) is 4.65. The van der Waals surface area contributed by atoms with Crippen molar-refractivity contribution in [1.29, 1.82) is 0 Å². The van der Waals surface area contributed by atoms with Crippen LogP contribution in [0.2, 0.25) is 0 Å². The summed E-state index contributed by atoms with van der Waals surface area (Å²) in [6, 6.07) is 5.51. The smallest absolute Gasteiger partial charge is 0.125 e. The van der Waals surface area contributed by atoms with Crippen molar-refractivity contribution in [3.8, 4) is 11.5 Å². The minimum atomic E-state index is -0.0263. The first-order valence-electron chi connectivity index (χ1n) is 6.22. The van der Waals surface area contributed by atoms with Crippen LogP contribution >= 0.6 is 0 Å². The Morgan fingerprint density at radius 3 is 2.65 bits per heavy atom. The van der Waals surface area contributed by atoms with Crippen LogP contribution in [0, 0.1) is 0 Å². The van der Waals surface area contributed by atoms with Gasteiger partial charge in [-0.05, 0) is 24.6 Å². The average Bonchev–Trinajstić information content (AvgIpc) is 2.38. The van der Waals surface area contributed by atoms with Crippen molar-refractivity contribution in [2.75, 3.05) is 13.7 Å². The van der Waals surface area contributed by atoms with E-state index < -0.39 is 0 Å². The zero-order valence-corrected chi connectivity index (χ0v) is 10.7. The van der Waals surface area contributed by atoms with Crippen LogP contribution in [0.5, 0.6) is 11.5 Å². The Morgan fingerprint density at radius 2 is 2.00 bits per heavy atom. The summed E-state index contributed by atoms with van der Waals surface area (Å²) in [5.74, 6) is 1.50. The number of hydrogen-bond donors (Lipinski definition) is 1. The fourth-order valence-corrected chi connectivity index (χ4v) is 1.66. The van der Waals surface area contributed by atoms with E-state index in [9.17, 15) is 5.11 Å². The molecule has 0 aliphatic heterocycles. The van der Waals surface area contributed by atoms with E-state index in [0.29, 0.717) is 6.61 Å². The first-order valence-corrected chi connectivity index (χ1v) is 6.22. The van der Waals surface area contributed by atoms with E-state index in [1.54, 1.807) is 13.2 Å². The lowest BCUT2D eigenvalue weighted by Crippen LogP contribution is -2.00. The molecule has 0 amide bonds. The average molecular weight is 238 g/mol. The Hall–Kier alpha value is -1.22. The molecule has 1 N–H and O–H groups in total. The fraction of sp³-hybridized carbons (Fsp3) is 0.571. The maximum absolute atomic E-state index is 9.24. The summed E-state index contributed by atoms with van der Waals surface area (Å²) in [4.78, 5) is 0. The van der Waals surface area contributed by atoms with Gasteiger partial charge in [-0.2, -0.15) is 0 Å². The molecular formula is C14H22O3. The van der Waals surface area contributed by atoms with Crippen LogP contribution in [0.3, 0.4) is 0 Å². The topological polar surface area (TPSA) is 38.7 Å². The van der Waals surface area contributed by atoms with Crippen molar-refractivity contribution in [2.24, 2.45) is 0 Å². The van der Waals surface area contributed by atoms with Crippen molar-refractivity contribution in [1.82, 2.24) is 0 Å². The normalized spacial score (nSPS) is 10.3. The first-order chi connectivity index (χ1) is 8.31. The van der Waals surface area contributed by atoms with Crippen LogP contribution in [-0.2, 0) is 6.61 Å². The maximum Gasteiger partial charge on any atom is 0.125 e. The Balaban J connectivity index is 2.46. The molecule has 1 aromatic carbocycles. The molecule has 3 nitrogen and oxygen atoms in total. The summed E-state index contributed by atoms with van der Waals surface area (Å²) < 4.78 is 10.8. The van der Waals surface area contributed by atoms with Gasteiger partial charge >= 0.3 is 0 Å². The van der Waals surface area contributed by atoms with Gasteiger partial charge in [0.25, 0.3) is 0 Å². The van der Waals surface area contributed by atoms with Crippen LogP contribution in [0.25, 0.3) is 0 Å². The lowest BCUT2D eigenvalue weighted by Gasteiger charge is -2.11. The van der Waals surface area contributed by atoms with E-state index >= 15 is 0 Å². The summed E-state index contributed by atoms with van der Waals surface area (Å²) in [5, 5.41) is 9.24. The third-order valence-electron chi connectivity index (χ3n) is 2.69. The number of methoxy groups -OCH3 is 1. The number of ether oxygens (including phenoxy) is 2. The van der Waals surface area contributed by atoms with Gasteiger partial charge in [0.1, 0.15) is 11.5 Å². The monoisotopic (exact) mass is 238 g/mol. The fourth-order valence-electron chi connectivity index (χ4n) is 1.66. The quantitative estimate of drug-likeness (QED) is 0.707. The van der Waals surface area contributed by atoms with Crippen molar-refractivity contribution in [3.05, 3.63) is 23.8 Å². The van der Waals surface area contributed by atoms with Gasteiger partial charge in [-0.3, -0.25) is 0 Å². The lowest BCUT2D eigenvalue weighted by atomic mass is 10.2. The second-order valence-electron chi connectivity index (χ2n) is 4.04. The summed E-state index contributed by atoms with van der Waals surface area (Å²) in [7, 11) is 1.61. The van der Waals surface area contributed by atoms with Crippen LogP contribution in [-0.4, -0.2) is 18.8 Å². The third-order valence-corrected chi connectivity index (χ3v) is 2.69. The summed E-state index contributed by atoms with van der Waals surface area (Å²) in [5.41, 5.74) is 0.778. The minimum absolute atomic E-state index is 0.0263. The molecule has 1 aromatic rings. The summed E-state index contributed by atoms with van der Waals surface area (Å²) >= 11 is 0. The second kappa shape index (κ2) is 7.96. The number of unbranched alkanes of at least 4 members (excludes halogenated alkanes) is 3. The first kappa shape index (κ1) is 13.8. The number of rotatable bonds is 8. The molecule has 0 unspecified atom stereocenters. The lowest BCUT2D eigenvalue weighted by molar-refractivity contribution is 0.259. The van der Waals surface area contributed by atoms with Gasteiger partial charge in [0.15, 0.2) is 0 Å². The van der Waals surface area contributed by atoms with E-state index in [-0.39, 0.29) is 6.61 Å². The molecule has 0 fully saturated rings. The summed E-state index contributed by atoms with van der Waals surface area (Å²) in [6.07, 6.45) is 4.73. The maximum atomic E-state index is 9.24. The van der Waals surface area contributed by atoms with Gasteiger partial charge in [-0.1, -0.05) is 26.2 Å². The van der Waals surface area contributed by atoms with Gasteiger partial charge in [0, 0.05) is 5.56 Å². The minimum Gasteiger partial charge on any atom is -0.497 e. The standard InChI is InChI=1S/C14H22O3/c1-3-4-5-6-9-17-14-8-7-13(16-2)10-12(14)11-15/h7-8,10,15H,3-6,9,11H2,1-2H3. The SMILES string of the molecule is CCCCCCOc1ccc(OC)cc1CO.